The normalized spacial score (nSPS) is 10.7. The molecule has 0 aliphatic carbocycles. The Morgan fingerprint density at radius 3 is 2.73 bits per heavy atom. The number of rotatable bonds is 8. The lowest BCUT2D eigenvalue weighted by atomic mass is 10.1. The number of hydrogen-bond acceptors (Lipinski definition) is 10. The second-order valence-electron chi connectivity index (χ2n) is 5.86. The molecule has 0 aliphatic rings. The van der Waals surface area contributed by atoms with E-state index in [2.05, 4.69) is 15.5 Å². The first-order valence-corrected chi connectivity index (χ1v) is 9.43. The Morgan fingerprint density at radius 2 is 2.10 bits per heavy atom. The number of aromatic nitrogens is 1. The number of carbonyl (C=O) groups excluding carboxylic acids is 1. The molecule has 11 heteroatoms. The van der Waals surface area contributed by atoms with E-state index in [0.29, 0.717) is 16.7 Å². The summed E-state index contributed by atoms with van der Waals surface area (Å²) >= 11 is 1.34. The summed E-state index contributed by atoms with van der Waals surface area (Å²) in [6.07, 6.45) is 1.60. The number of hydrazone groups is 1. The molecule has 0 atom stereocenters. The van der Waals surface area contributed by atoms with Gasteiger partial charge in [0.1, 0.15) is 18.2 Å². The Labute approximate surface area is 175 Å². The van der Waals surface area contributed by atoms with Crippen molar-refractivity contribution in [1.82, 2.24) is 4.98 Å². The Hall–Kier alpha value is -3.99. The van der Waals surface area contributed by atoms with E-state index in [1.165, 1.54) is 36.6 Å². The number of ether oxygens (including phenoxy) is 2. The minimum Gasteiger partial charge on any atom is -0.489 e. The summed E-state index contributed by atoms with van der Waals surface area (Å²) < 4.78 is 10.4. The maximum Gasteiger partial charge on any atom is 0.338 e. The molecule has 2 aromatic carbocycles. The zero-order valence-electron chi connectivity index (χ0n) is 15.8. The lowest BCUT2D eigenvalue weighted by Gasteiger charge is -2.10. The van der Waals surface area contributed by atoms with E-state index < -0.39 is 10.9 Å². The molecule has 1 aromatic heterocycles. The topological polar surface area (TPSA) is 142 Å². The minimum absolute atomic E-state index is 0.0874. The number of nitrogens with zero attached hydrogens (tertiary/aromatic N) is 3. The van der Waals surface area contributed by atoms with Gasteiger partial charge in [-0.05, 0) is 35.9 Å². The van der Waals surface area contributed by atoms with Gasteiger partial charge in [0.2, 0.25) is 5.13 Å². The third-order valence-electron chi connectivity index (χ3n) is 3.91. The molecule has 0 spiro atoms. The van der Waals surface area contributed by atoms with Gasteiger partial charge in [0.15, 0.2) is 0 Å². The predicted octanol–water partition coefficient (Wildman–Crippen LogP) is 3.45. The van der Waals surface area contributed by atoms with Crippen molar-refractivity contribution in [1.29, 1.82) is 0 Å². The molecule has 30 heavy (non-hydrogen) atoms. The van der Waals surface area contributed by atoms with Crippen LogP contribution in [0.1, 0.15) is 21.5 Å². The Kier molecular flexibility index (Phi) is 6.55. The van der Waals surface area contributed by atoms with E-state index in [9.17, 15) is 14.9 Å². The zero-order chi connectivity index (χ0) is 21.5. The number of nitro groups is 1. The van der Waals surface area contributed by atoms with Crippen molar-refractivity contribution < 1.29 is 19.2 Å². The van der Waals surface area contributed by atoms with Crippen LogP contribution in [-0.4, -0.2) is 29.2 Å². The van der Waals surface area contributed by atoms with Crippen LogP contribution in [0.15, 0.2) is 52.9 Å². The third kappa shape index (κ3) is 5.08. The molecule has 154 valence electrons. The van der Waals surface area contributed by atoms with E-state index in [-0.39, 0.29) is 23.4 Å². The van der Waals surface area contributed by atoms with Crippen molar-refractivity contribution >= 4 is 40.2 Å². The molecule has 1 heterocycles. The number of nitrogen functional groups attached to an aromatic ring is 1. The number of methoxy groups -OCH3 is 1. The van der Waals surface area contributed by atoms with Crippen molar-refractivity contribution in [3.8, 4) is 5.75 Å². The summed E-state index contributed by atoms with van der Waals surface area (Å²) in [6.45, 7) is -0.165. The van der Waals surface area contributed by atoms with E-state index >= 15 is 0 Å². The number of anilines is 2. The van der Waals surface area contributed by atoms with E-state index in [1.807, 2.05) is 0 Å². The SMILES string of the molecule is COC(=O)c1cccc([N+](=O)[O-])c1COc1ccc(C=NNc2nc(N)cs2)cc1. The van der Waals surface area contributed by atoms with Crippen molar-refractivity contribution in [2.24, 2.45) is 5.10 Å². The summed E-state index contributed by atoms with van der Waals surface area (Å²) in [4.78, 5) is 26.7. The van der Waals surface area contributed by atoms with Crippen LogP contribution in [0.2, 0.25) is 0 Å². The predicted molar refractivity (Wildman–Crippen MR) is 113 cm³/mol. The Bertz CT molecular complexity index is 1080. The second kappa shape index (κ2) is 9.47. The van der Waals surface area contributed by atoms with Crippen LogP contribution in [0.3, 0.4) is 0 Å². The highest BCUT2D eigenvalue weighted by Crippen LogP contribution is 2.25. The van der Waals surface area contributed by atoms with Gasteiger partial charge in [-0.1, -0.05) is 6.07 Å². The first-order valence-electron chi connectivity index (χ1n) is 8.55. The number of esters is 1. The summed E-state index contributed by atoms with van der Waals surface area (Å²) in [5.41, 5.74) is 9.12. The summed E-state index contributed by atoms with van der Waals surface area (Å²) in [5.74, 6) is 0.230. The average molecular weight is 427 g/mol. The van der Waals surface area contributed by atoms with Gasteiger partial charge < -0.3 is 15.2 Å². The molecule has 0 radical (unpaired) electrons. The number of thiazole rings is 1. The van der Waals surface area contributed by atoms with E-state index in [4.69, 9.17) is 15.2 Å². The van der Waals surface area contributed by atoms with Gasteiger partial charge in [-0.3, -0.25) is 15.5 Å². The molecular weight excluding hydrogens is 410 g/mol. The lowest BCUT2D eigenvalue weighted by molar-refractivity contribution is -0.385. The van der Waals surface area contributed by atoms with Crippen molar-refractivity contribution in [2.75, 3.05) is 18.3 Å². The summed E-state index contributed by atoms with van der Waals surface area (Å²) in [7, 11) is 1.21. The molecular formula is C19H17N5O5S. The number of benzene rings is 2. The van der Waals surface area contributed by atoms with Crippen LogP contribution >= 0.6 is 11.3 Å². The maximum absolute atomic E-state index is 11.9. The number of nitrogens with one attached hydrogen (secondary N) is 1. The first-order chi connectivity index (χ1) is 14.5. The van der Waals surface area contributed by atoms with Crippen LogP contribution in [0, 0.1) is 10.1 Å². The molecule has 0 unspecified atom stereocenters. The molecule has 0 fully saturated rings. The van der Waals surface area contributed by atoms with Gasteiger partial charge in [-0.15, -0.1) is 11.3 Å². The van der Waals surface area contributed by atoms with Crippen molar-refractivity contribution in [2.45, 2.75) is 6.61 Å². The fourth-order valence-electron chi connectivity index (χ4n) is 2.50. The maximum atomic E-state index is 11.9. The minimum atomic E-state index is -0.668. The van der Waals surface area contributed by atoms with E-state index in [1.54, 1.807) is 35.9 Å². The van der Waals surface area contributed by atoms with Crippen LogP contribution in [0.25, 0.3) is 0 Å². The monoisotopic (exact) mass is 427 g/mol. The fraction of sp³-hybridized carbons (Fsp3) is 0.105. The van der Waals surface area contributed by atoms with Crippen molar-refractivity contribution in [3.05, 3.63) is 74.6 Å². The number of carbonyl (C=O) groups is 1. The molecule has 0 bridgehead atoms. The van der Waals surface area contributed by atoms with Gasteiger partial charge in [0.05, 0.1) is 29.4 Å². The average Bonchev–Trinajstić information content (AvgIpc) is 3.17. The lowest BCUT2D eigenvalue weighted by Crippen LogP contribution is -2.10. The van der Waals surface area contributed by atoms with Gasteiger partial charge in [-0.2, -0.15) is 5.10 Å². The highest BCUT2D eigenvalue weighted by molar-refractivity contribution is 7.14. The van der Waals surface area contributed by atoms with Gasteiger partial charge in [-0.25, -0.2) is 9.78 Å². The quantitative estimate of drug-likeness (QED) is 0.241. The molecule has 3 aromatic rings. The molecule has 0 saturated carbocycles. The van der Waals surface area contributed by atoms with Gasteiger partial charge in [0.25, 0.3) is 5.69 Å². The molecule has 3 N–H and O–H groups in total. The molecule has 0 saturated heterocycles. The number of hydrogen-bond donors (Lipinski definition) is 2. The smallest absolute Gasteiger partial charge is 0.338 e. The number of nitro benzene ring substituents is 1. The van der Waals surface area contributed by atoms with Crippen LogP contribution in [-0.2, 0) is 11.3 Å². The number of nitrogens with two attached hydrogens (primary N) is 1. The second-order valence-corrected chi connectivity index (χ2v) is 6.72. The fourth-order valence-corrected chi connectivity index (χ4v) is 3.05. The van der Waals surface area contributed by atoms with Crippen molar-refractivity contribution in [3.63, 3.8) is 0 Å². The molecule has 3 rings (SSSR count). The Balaban J connectivity index is 1.68. The molecule has 0 aliphatic heterocycles. The standard InChI is InChI=1S/C19H17N5O5S/c1-28-18(25)14-3-2-4-16(24(26)27)15(14)10-29-13-7-5-12(6-8-13)9-21-23-19-22-17(20)11-30-19/h2-9,11H,10,20H2,1H3,(H,22,23). The molecule has 10 nitrogen and oxygen atoms in total. The summed E-state index contributed by atoms with van der Waals surface area (Å²) in [5, 5.41) is 17.7. The molecule has 0 amide bonds. The van der Waals surface area contributed by atoms with Crippen LogP contribution < -0.4 is 15.9 Å². The van der Waals surface area contributed by atoms with E-state index in [0.717, 1.165) is 5.56 Å². The highest BCUT2D eigenvalue weighted by atomic mass is 32.1. The highest BCUT2D eigenvalue weighted by Gasteiger charge is 2.22. The summed E-state index contributed by atoms with van der Waals surface area (Å²) in [6, 6.07) is 11.1. The van der Waals surface area contributed by atoms with Crippen LogP contribution in [0.5, 0.6) is 5.75 Å². The first kappa shape index (κ1) is 20.7. The Morgan fingerprint density at radius 1 is 1.33 bits per heavy atom. The zero-order valence-corrected chi connectivity index (χ0v) is 16.6. The van der Waals surface area contributed by atoms with Crippen LogP contribution in [0.4, 0.5) is 16.6 Å². The van der Waals surface area contributed by atoms with Gasteiger partial charge >= 0.3 is 5.97 Å². The third-order valence-corrected chi connectivity index (χ3v) is 4.68. The largest absolute Gasteiger partial charge is 0.489 e. The van der Waals surface area contributed by atoms with Gasteiger partial charge in [0, 0.05) is 11.4 Å².